The van der Waals surface area contributed by atoms with E-state index >= 15 is 0 Å². The molecular formula is C8H15F2NO. The maximum Gasteiger partial charge on any atom is 0.251 e. The number of piperidine rings is 1. The topological polar surface area (TPSA) is 23.5 Å². The molecule has 1 N–H and O–H groups in total. The normalized spacial score (nSPS) is 32.8. The number of hydrogen-bond acceptors (Lipinski definition) is 2. The van der Waals surface area contributed by atoms with Crippen molar-refractivity contribution in [3.05, 3.63) is 0 Å². The van der Waals surface area contributed by atoms with Gasteiger partial charge >= 0.3 is 0 Å². The van der Waals surface area contributed by atoms with Crippen molar-refractivity contribution in [2.45, 2.75) is 38.3 Å². The van der Waals surface area contributed by atoms with Gasteiger partial charge in [-0.25, -0.2) is 8.78 Å². The predicted molar refractivity (Wildman–Crippen MR) is 42.3 cm³/mol. The Morgan fingerprint density at radius 2 is 2.17 bits per heavy atom. The summed E-state index contributed by atoms with van der Waals surface area (Å²) in [6.07, 6.45) is -1.16. The van der Waals surface area contributed by atoms with Crippen molar-refractivity contribution >= 4 is 0 Å². The summed E-state index contributed by atoms with van der Waals surface area (Å²) in [5.74, 6) is 0. The lowest BCUT2D eigenvalue weighted by atomic mass is 10.0. The SMILES string of the molecule is C[C@H]1CC[C@H](O)CN1CC(F)F. The third kappa shape index (κ3) is 2.68. The fourth-order valence-electron chi connectivity index (χ4n) is 1.59. The van der Waals surface area contributed by atoms with Crippen molar-refractivity contribution in [1.82, 2.24) is 4.90 Å². The second-order valence-corrected chi connectivity index (χ2v) is 3.43. The van der Waals surface area contributed by atoms with Crippen molar-refractivity contribution in [2.75, 3.05) is 13.1 Å². The van der Waals surface area contributed by atoms with Gasteiger partial charge in [0.1, 0.15) is 0 Å². The van der Waals surface area contributed by atoms with Crippen LogP contribution in [0.25, 0.3) is 0 Å². The Labute approximate surface area is 71.2 Å². The molecule has 0 radical (unpaired) electrons. The summed E-state index contributed by atoms with van der Waals surface area (Å²) in [5, 5.41) is 9.22. The summed E-state index contributed by atoms with van der Waals surface area (Å²) < 4.78 is 24.0. The fourth-order valence-corrected chi connectivity index (χ4v) is 1.59. The minimum atomic E-state index is -2.29. The highest BCUT2D eigenvalue weighted by Gasteiger charge is 2.25. The Hall–Kier alpha value is -0.220. The van der Waals surface area contributed by atoms with Gasteiger partial charge in [-0.1, -0.05) is 0 Å². The number of aliphatic hydroxyl groups is 1. The number of hydrogen-bond donors (Lipinski definition) is 1. The molecule has 0 aromatic carbocycles. The molecule has 72 valence electrons. The molecule has 0 aliphatic carbocycles. The molecule has 0 aromatic heterocycles. The van der Waals surface area contributed by atoms with Gasteiger partial charge in [0.2, 0.25) is 0 Å². The van der Waals surface area contributed by atoms with E-state index in [4.69, 9.17) is 0 Å². The standard InChI is InChI=1S/C8H15F2NO/c1-6-2-3-7(12)4-11(6)5-8(9)10/h6-8,12H,2-5H2,1H3/t6-,7-/m0/s1. The number of alkyl halides is 2. The highest BCUT2D eigenvalue weighted by molar-refractivity contribution is 4.78. The zero-order valence-electron chi connectivity index (χ0n) is 7.21. The fraction of sp³-hybridized carbons (Fsp3) is 1.00. The van der Waals surface area contributed by atoms with Crippen LogP contribution < -0.4 is 0 Å². The molecule has 0 unspecified atom stereocenters. The second-order valence-electron chi connectivity index (χ2n) is 3.43. The van der Waals surface area contributed by atoms with Crippen LogP contribution in [0.5, 0.6) is 0 Å². The average Bonchev–Trinajstić information content (AvgIpc) is 1.96. The monoisotopic (exact) mass is 179 g/mol. The zero-order chi connectivity index (χ0) is 9.14. The number of β-amino-alcohol motifs (C(OH)–C–C–N with tert-alkyl or cyclic N) is 1. The lowest BCUT2D eigenvalue weighted by molar-refractivity contribution is 0.00346. The molecule has 0 bridgehead atoms. The average molecular weight is 179 g/mol. The van der Waals surface area contributed by atoms with Gasteiger partial charge in [-0.05, 0) is 19.8 Å². The molecule has 2 atom stereocenters. The van der Waals surface area contributed by atoms with Gasteiger partial charge in [0.25, 0.3) is 6.43 Å². The van der Waals surface area contributed by atoms with Crippen LogP contribution in [0.4, 0.5) is 8.78 Å². The van der Waals surface area contributed by atoms with Gasteiger partial charge in [-0.15, -0.1) is 0 Å². The molecule has 0 saturated carbocycles. The van der Waals surface area contributed by atoms with E-state index in [9.17, 15) is 13.9 Å². The summed E-state index contributed by atoms with van der Waals surface area (Å²) in [6.45, 7) is 2.11. The highest BCUT2D eigenvalue weighted by Crippen LogP contribution is 2.17. The van der Waals surface area contributed by atoms with Crippen molar-refractivity contribution in [2.24, 2.45) is 0 Å². The van der Waals surface area contributed by atoms with Gasteiger partial charge < -0.3 is 5.11 Å². The molecule has 12 heavy (non-hydrogen) atoms. The summed E-state index contributed by atoms with van der Waals surface area (Å²) in [7, 11) is 0. The van der Waals surface area contributed by atoms with Crippen LogP contribution in [0.3, 0.4) is 0 Å². The van der Waals surface area contributed by atoms with Gasteiger partial charge in [-0.3, -0.25) is 4.90 Å². The minimum Gasteiger partial charge on any atom is -0.392 e. The molecule has 1 heterocycles. The van der Waals surface area contributed by atoms with E-state index in [1.54, 1.807) is 4.90 Å². The van der Waals surface area contributed by atoms with Crippen LogP contribution in [0.15, 0.2) is 0 Å². The molecule has 2 nitrogen and oxygen atoms in total. The summed E-state index contributed by atoms with van der Waals surface area (Å²) >= 11 is 0. The van der Waals surface area contributed by atoms with E-state index in [2.05, 4.69) is 0 Å². The lowest BCUT2D eigenvalue weighted by Gasteiger charge is -2.35. The second kappa shape index (κ2) is 4.14. The zero-order valence-corrected chi connectivity index (χ0v) is 7.21. The number of halogens is 2. The van der Waals surface area contributed by atoms with E-state index in [1.807, 2.05) is 6.92 Å². The quantitative estimate of drug-likeness (QED) is 0.686. The summed E-state index contributed by atoms with van der Waals surface area (Å²) in [5.41, 5.74) is 0. The van der Waals surface area contributed by atoms with Crippen LogP contribution >= 0.6 is 0 Å². The largest absolute Gasteiger partial charge is 0.392 e. The minimum absolute atomic E-state index is 0.183. The third-order valence-corrected chi connectivity index (χ3v) is 2.36. The van der Waals surface area contributed by atoms with E-state index in [0.717, 1.165) is 12.8 Å². The number of nitrogens with zero attached hydrogens (tertiary/aromatic N) is 1. The molecule has 1 aliphatic rings. The molecule has 1 aliphatic heterocycles. The van der Waals surface area contributed by atoms with Crippen molar-refractivity contribution in [1.29, 1.82) is 0 Å². The maximum absolute atomic E-state index is 12.0. The first kappa shape index (κ1) is 9.86. The first-order valence-electron chi connectivity index (χ1n) is 4.30. The molecular weight excluding hydrogens is 164 g/mol. The first-order chi connectivity index (χ1) is 5.59. The first-order valence-corrected chi connectivity index (χ1v) is 4.30. The molecule has 1 saturated heterocycles. The van der Waals surface area contributed by atoms with Crippen molar-refractivity contribution < 1.29 is 13.9 Å². The van der Waals surface area contributed by atoms with Crippen LogP contribution in [-0.4, -0.2) is 41.7 Å². The predicted octanol–water partition coefficient (Wildman–Crippen LogP) is 1.10. The van der Waals surface area contributed by atoms with E-state index in [-0.39, 0.29) is 12.6 Å². The molecule has 4 heteroatoms. The van der Waals surface area contributed by atoms with E-state index in [1.165, 1.54) is 0 Å². The lowest BCUT2D eigenvalue weighted by Crippen LogP contribution is -2.46. The Bertz CT molecular complexity index is 141. The molecule has 0 spiro atoms. The van der Waals surface area contributed by atoms with Crippen molar-refractivity contribution in [3.8, 4) is 0 Å². The van der Waals surface area contributed by atoms with E-state index < -0.39 is 12.5 Å². The van der Waals surface area contributed by atoms with E-state index in [0.29, 0.717) is 6.54 Å². The maximum atomic E-state index is 12.0. The van der Waals surface area contributed by atoms with Gasteiger partial charge in [-0.2, -0.15) is 0 Å². The van der Waals surface area contributed by atoms with Crippen LogP contribution in [0.2, 0.25) is 0 Å². The van der Waals surface area contributed by atoms with Gasteiger partial charge in [0, 0.05) is 12.6 Å². The Balaban J connectivity index is 2.38. The number of likely N-dealkylation sites (tertiary alicyclic amines) is 1. The molecule has 1 fully saturated rings. The summed E-state index contributed by atoms with van der Waals surface area (Å²) in [4.78, 5) is 1.65. The van der Waals surface area contributed by atoms with Gasteiger partial charge in [0.15, 0.2) is 0 Å². The highest BCUT2D eigenvalue weighted by atomic mass is 19.3. The van der Waals surface area contributed by atoms with Crippen molar-refractivity contribution in [3.63, 3.8) is 0 Å². The number of rotatable bonds is 2. The summed E-state index contributed by atoms with van der Waals surface area (Å²) in [6, 6.07) is 0.183. The van der Waals surface area contributed by atoms with Crippen LogP contribution in [0.1, 0.15) is 19.8 Å². The third-order valence-electron chi connectivity index (χ3n) is 2.36. The number of aliphatic hydroxyl groups excluding tert-OH is 1. The smallest absolute Gasteiger partial charge is 0.251 e. The van der Waals surface area contributed by atoms with Crippen LogP contribution in [0, 0.1) is 0 Å². The Kier molecular flexibility index (Phi) is 3.40. The molecule has 0 amide bonds. The molecule has 0 aromatic rings. The Morgan fingerprint density at radius 3 is 2.75 bits per heavy atom. The molecule has 1 rings (SSSR count). The van der Waals surface area contributed by atoms with Crippen LogP contribution in [-0.2, 0) is 0 Å². The Morgan fingerprint density at radius 1 is 1.50 bits per heavy atom. The van der Waals surface area contributed by atoms with Gasteiger partial charge in [0.05, 0.1) is 12.6 Å².